The van der Waals surface area contributed by atoms with E-state index in [1.54, 1.807) is 4.68 Å². The van der Waals surface area contributed by atoms with Gasteiger partial charge in [-0.1, -0.05) is 71.7 Å². The molecule has 0 saturated heterocycles. The molecule has 0 spiro atoms. The van der Waals surface area contributed by atoms with Crippen molar-refractivity contribution in [3.63, 3.8) is 0 Å². The van der Waals surface area contributed by atoms with Crippen LogP contribution in [0.3, 0.4) is 0 Å². The summed E-state index contributed by atoms with van der Waals surface area (Å²) >= 11 is 12.7. The van der Waals surface area contributed by atoms with Crippen molar-refractivity contribution in [2.45, 2.75) is 18.6 Å². The summed E-state index contributed by atoms with van der Waals surface area (Å²) in [5.74, 6) is 0.558. The van der Waals surface area contributed by atoms with E-state index in [0.717, 1.165) is 28.1 Å². The third-order valence-electron chi connectivity index (χ3n) is 6.17. The summed E-state index contributed by atoms with van der Waals surface area (Å²) in [6.07, 6.45) is 1.57. The molecule has 1 aliphatic carbocycles. The lowest BCUT2D eigenvalue weighted by Gasteiger charge is -2.17. The van der Waals surface area contributed by atoms with Crippen molar-refractivity contribution < 1.29 is 5.11 Å². The average molecular weight is 488 g/mol. The van der Waals surface area contributed by atoms with E-state index in [9.17, 15) is 5.11 Å². The van der Waals surface area contributed by atoms with Gasteiger partial charge in [0.15, 0.2) is 11.3 Å². The summed E-state index contributed by atoms with van der Waals surface area (Å²) in [5, 5.41) is 20.4. The molecule has 2 heterocycles. The Morgan fingerprint density at radius 2 is 1.65 bits per heavy atom. The van der Waals surface area contributed by atoms with Gasteiger partial charge < -0.3 is 10.4 Å². The zero-order valence-electron chi connectivity index (χ0n) is 17.9. The fourth-order valence-corrected chi connectivity index (χ4v) is 4.89. The van der Waals surface area contributed by atoms with Crippen molar-refractivity contribution in [3.05, 3.63) is 100 Å². The highest BCUT2D eigenvalue weighted by atomic mass is 35.5. The molecule has 0 aliphatic heterocycles. The van der Waals surface area contributed by atoms with Gasteiger partial charge in [-0.15, -0.1) is 0 Å². The summed E-state index contributed by atoms with van der Waals surface area (Å²) in [7, 11) is 0. The number of aliphatic hydroxyl groups is 1. The first-order valence-corrected chi connectivity index (χ1v) is 11.6. The second-order valence-corrected chi connectivity index (χ2v) is 9.08. The first-order valence-electron chi connectivity index (χ1n) is 10.9. The molecule has 8 heteroatoms. The summed E-state index contributed by atoms with van der Waals surface area (Å²) < 4.78 is 1.79. The Labute approximate surface area is 205 Å². The van der Waals surface area contributed by atoms with Crippen molar-refractivity contribution in [2.24, 2.45) is 0 Å². The lowest BCUT2D eigenvalue weighted by atomic mass is 10.1. The first kappa shape index (κ1) is 21.1. The van der Waals surface area contributed by atoms with Gasteiger partial charge >= 0.3 is 0 Å². The number of nitrogens with zero attached hydrogens (tertiary/aromatic N) is 4. The van der Waals surface area contributed by atoms with Crippen molar-refractivity contribution >= 4 is 40.1 Å². The van der Waals surface area contributed by atoms with Gasteiger partial charge in [0.2, 0.25) is 0 Å². The molecule has 2 aromatic heterocycles. The Morgan fingerprint density at radius 3 is 2.44 bits per heavy atom. The minimum atomic E-state index is -0.636. The Kier molecular flexibility index (Phi) is 5.21. The molecule has 0 fully saturated rings. The maximum atomic E-state index is 10.9. The fourth-order valence-electron chi connectivity index (χ4n) is 4.55. The van der Waals surface area contributed by atoms with Crippen LogP contribution in [0.5, 0.6) is 0 Å². The fraction of sp³-hybridized carbons (Fsp3) is 0.115. The number of aliphatic hydroxyl groups excluding tert-OH is 1. The molecule has 6 nitrogen and oxygen atoms in total. The lowest BCUT2D eigenvalue weighted by molar-refractivity contribution is 0.167. The first-order chi connectivity index (χ1) is 16.6. The van der Waals surface area contributed by atoms with Gasteiger partial charge in [0, 0.05) is 10.6 Å². The predicted molar refractivity (Wildman–Crippen MR) is 135 cm³/mol. The third-order valence-corrected chi connectivity index (χ3v) is 6.75. The molecular weight excluding hydrogens is 469 g/mol. The number of aromatic nitrogens is 4. The molecule has 0 saturated carbocycles. The van der Waals surface area contributed by atoms with Crippen molar-refractivity contribution in [1.29, 1.82) is 0 Å². The molecule has 0 bridgehead atoms. The number of fused-ring (bicyclic) bond motifs is 2. The number of benzene rings is 3. The maximum Gasteiger partial charge on any atom is 0.158 e. The zero-order chi connectivity index (χ0) is 23.2. The highest BCUT2D eigenvalue weighted by Crippen LogP contribution is 2.37. The molecule has 2 atom stereocenters. The summed E-state index contributed by atoms with van der Waals surface area (Å²) in [4.78, 5) is 9.06. The summed E-state index contributed by atoms with van der Waals surface area (Å²) in [6, 6.07) is 22.8. The van der Waals surface area contributed by atoms with E-state index in [1.165, 1.54) is 6.33 Å². The van der Waals surface area contributed by atoms with Gasteiger partial charge in [0.1, 0.15) is 17.5 Å². The Bertz CT molecular complexity index is 1520. The summed E-state index contributed by atoms with van der Waals surface area (Å²) in [6.45, 7) is 0. The number of para-hydroxylation sites is 1. The van der Waals surface area contributed by atoms with Crippen LogP contribution in [-0.2, 0) is 6.42 Å². The van der Waals surface area contributed by atoms with Gasteiger partial charge in [-0.3, -0.25) is 0 Å². The molecule has 168 valence electrons. The van der Waals surface area contributed by atoms with Crippen LogP contribution in [0.15, 0.2) is 79.1 Å². The van der Waals surface area contributed by atoms with Gasteiger partial charge in [0.05, 0.1) is 22.9 Å². The van der Waals surface area contributed by atoms with Gasteiger partial charge in [-0.2, -0.15) is 5.10 Å². The molecule has 1 aliphatic rings. The number of rotatable bonds is 4. The van der Waals surface area contributed by atoms with Crippen molar-refractivity contribution in [2.75, 3.05) is 5.32 Å². The molecule has 6 rings (SSSR count). The quantitative estimate of drug-likeness (QED) is 0.332. The van der Waals surface area contributed by atoms with Crippen LogP contribution in [0.1, 0.15) is 17.2 Å². The standard InChI is InChI=1S/C26H19Cl2N5O/c27-17-11-9-15(10-12-17)24-22-23(32-33(24)21-8-4-3-7-19(21)28)26(30-14-29-22)31-20-13-16-5-1-2-6-18(16)25(20)34/h1-12,14,20,25,34H,13H2,(H,29,30,31). The molecule has 34 heavy (non-hydrogen) atoms. The van der Waals surface area contributed by atoms with Crippen molar-refractivity contribution in [1.82, 2.24) is 19.7 Å². The van der Waals surface area contributed by atoms with Crippen molar-refractivity contribution in [3.8, 4) is 16.9 Å². The minimum Gasteiger partial charge on any atom is -0.386 e. The predicted octanol–water partition coefficient (Wildman–Crippen LogP) is 5.86. The number of nitrogens with one attached hydrogen (secondary N) is 1. The lowest BCUT2D eigenvalue weighted by Crippen LogP contribution is -2.25. The topological polar surface area (TPSA) is 75.9 Å². The van der Waals surface area contributed by atoms with E-state index in [0.29, 0.717) is 33.3 Å². The minimum absolute atomic E-state index is 0.222. The monoisotopic (exact) mass is 487 g/mol. The zero-order valence-corrected chi connectivity index (χ0v) is 19.4. The SMILES string of the molecule is OC1c2ccccc2CC1Nc1ncnc2c(-c3ccc(Cl)cc3)n(-c3ccccc3Cl)nc12. The Balaban J connectivity index is 1.50. The second-order valence-electron chi connectivity index (χ2n) is 8.24. The van der Waals surface area contributed by atoms with E-state index in [2.05, 4.69) is 15.3 Å². The van der Waals surface area contributed by atoms with Gasteiger partial charge in [-0.05, 0) is 41.8 Å². The second kappa shape index (κ2) is 8.40. The number of hydrogen-bond donors (Lipinski definition) is 2. The Morgan fingerprint density at radius 1 is 0.882 bits per heavy atom. The van der Waals surface area contributed by atoms with Crippen LogP contribution in [0.2, 0.25) is 10.0 Å². The van der Waals surface area contributed by atoms with Crippen LogP contribution in [-0.4, -0.2) is 30.9 Å². The van der Waals surface area contributed by atoms with Crippen LogP contribution < -0.4 is 5.32 Å². The van der Waals surface area contributed by atoms with E-state index < -0.39 is 6.10 Å². The smallest absolute Gasteiger partial charge is 0.158 e. The van der Waals surface area contributed by atoms with Gasteiger partial charge in [-0.25, -0.2) is 14.6 Å². The number of halogens is 2. The highest BCUT2D eigenvalue weighted by molar-refractivity contribution is 6.32. The van der Waals surface area contributed by atoms with E-state index >= 15 is 0 Å². The van der Waals surface area contributed by atoms with Crippen LogP contribution in [0.4, 0.5) is 5.82 Å². The van der Waals surface area contributed by atoms with E-state index in [-0.39, 0.29) is 6.04 Å². The van der Waals surface area contributed by atoms with E-state index in [4.69, 9.17) is 28.3 Å². The van der Waals surface area contributed by atoms with Crippen LogP contribution >= 0.6 is 23.2 Å². The highest BCUT2D eigenvalue weighted by Gasteiger charge is 2.32. The average Bonchev–Trinajstić information content (AvgIpc) is 3.39. The molecule has 3 aromatic carbocycles. The molecule has 2 unspecified atom stereocenters. The van der Waals surface area contributed by atoms with Crippen LogP contribution in [0, 0.1) is 0 Å². The molecule has 0 radical (unpaired) electrons. The largest absolute Gasteiger partial charge is 0.386 e. The summed E-state index contributed by atoms with van der Waals surface area (Å²) in [5.41, 5.74) is 5.73. The van der Waals surface area contributed by atoms with E-state index in [1.807, 2.05) is 72.8 Å². The molecule has 0 amide bonds. The maximum absolute atomic E-state index is 10.9. The Hall–Kier alpha value is -3.45. The van der Waals surface area contributed by atoms with Gasteiger partial charge in [0.25, 0.3) is 0 Å². The molecule has 2 N–H and O–H groups in total. The number of hydrogen-bond acceptors (Lipinski definition) is 5. The normalized spacial score (nSPS) is 17.1. The molecular formula is C26H19Cl2N5O. The molecule has 5 aromatic rings. The number of anilines is 1. The van der Waals surface area contributed by atoms with Crippen LogP contribution in [0.25, 0.3) is 28.0 Å². The third kappa shape index (κ3) is 3.51.